The summed E-state index contributed by atoms with van der Waals surface area (Å²) in [7, 11) is 0. The Morgan fingerprint density at radius 1 is 1.15 bits per heavy atom. The van der Waals surface area contributed by atoms with Crippen LogP contribution >= 0.6 is 11.3 Å². The lowest BCUT2D eigenvalue weighted by atomic mass is 10.1. The van der Waals surface area contributed by atoms with Crippen molar-refractivity contribution in [3.8, 4) is 0 Å². The van der Waals surface area contributed by atoms with Crippen molar-refractivity contribution in [3.05, 3.63) is 82.8 Å². The number of aromatic nitrogens is 1. The molecule has 1 amide bonds. The van der Waals surface area contributed by atoms with Gasteiger partial charge in [-0.2, -0.15) is 0 Å². The molecule has 4 rings (SSSR count). The van der Waals surface area contributed by atoms with Crippen molar-refractivity contribution >= 4 is 27.5 Å². The number of amides is 1. The molecule has 5 heteroatoms. The molecule has 1 aromatic carbocycles. The zero-order valence-corrected chi connectivity index (χ0v) is 15.4. The second-order valence-electron chi connectivity index (χ2n) is 6.29. The van der Waals surface area contributed by atoms with Crippen LogP contribution in [0.15, 0.2) is 65.3 Å². The normalized spacial score (nSPS) is 11.1. The number of benzene rings is 1. The van der Waals surface area contributed by atoms with Crippen LogP contribution in [0.4, 0.5) is 0 Å². The number of rotatable bonds is 6. The van der Waals surface area contributed by atoms with Crippen molar-refractivity contribution in [2.45, 2.75) is 26.4 Å². The number of carbonyl (C=O) groups is 1. The molecule has 0 aliphatic heterocycles. The number of hydrogen-bond donors (Lipinski definition) is 1. The number of thiophene rings is 1. The first-order valence-electron chi connectivity index (χ1n) is 8.65. The zero-order valence-electron chi connectivity index (χ0n) is 14.6. The lowest BCUT2D eigenvalue weighted by Crippen LogP contribution is -2.25. The van der Waals surface area contributed by atoms with Crippen LogP contribution in [-0.4, -0.2) is 10.5 Å². The Morgan fingerprint density at radius 2 is 2.00 bits per heavy atom. The number of nitrogens with one attached hydrogen (secondary N) is 1. The van der Waals surface area contributed by atoms with Crippen molar-refractivity contribution in [3.63, 3.8) is 0 Å². The standard InChI is InChI=1S/C21H20N2O2S/c1-15-12-18-20(26-15)13-19(21(24)22-14-17-8-5-11-25-17)23(18)10-9-16-6-3-2-4-7-16/h2-8,11-13H,9-10,14H2,1H3,(H,22,24). The van der Waals surface area contributed by atoms with Gasteiger partial charge in [-0.15, -0.1) is 11.3 Å². The van der Waals surface area contributed by atoms with Crippen molar-refractivity contribution in [1.82, 2.24) is 9.88 Å². The van der Waals surface area contributed by atoms with Gasteiger partial charge < -0.3 is 14.3 Å². The van der Waals surface area contributed by atoms with Gasteiger partial charge in [0, 0.05) is 11.4 Å². The van der Waals surface area contributed by atoms with Crippen LogP contribution in [0.25, 0.3) is 10.2 Å². The number of hydrogen-bond acceptors (Lipinski definition) is 3. The molecular weight excluding hydrogens is 344 g/mol. The molecule has 26 heavy (non-hydrogen) atoms. The fraction of sp³-hybridized carbons (Fsp3) is 0.190. The summed E-state index contributed by atoms with van der Waals surface area (Å²) >= 11 is 1.72. The maximum absolute atomic E-state index is 12.8. The molecule has 0 radical (unpaired) electrons. The molecule has 0 saturated carbocycles. The summed E-state index contributed by atoms with van der Waals surface area (Å²) in [5.74, 6) is 0.675. The number of aryl methyl sites for hydroxylation is 3. The van der Waals surface area contributed by atoms with Gasteiger partial charge >= 0.3 is 0 Å². The highest BCUT2D eigenvalue weighted by Crippen LogP contribution is 2.29. The molecule has 0 fully saturated rings. The third-order valence-electron chi connectivity index (χ3n) is 4.42. The number of carbonyl (C=O) groups excluding carboxylic acids is 1. The monoisotopic (exact) mass is 364 g/mol. The summed E-state index contributed by atoms with van der Waals surface area (Å²) in [5.41, 5.74) is 3.10. The Kier molecular flexibility index (Phi) is 4.63. The third-order valence-corrected chi connectivity index (χ3v) is 5.40. The Labute approximate surface area is 156 Å². The molecule has 0 aliphatic rings. The predicted octanol–water partition coefficient (Wildman–Crippen LogP) is 4.78. The van der Waals surface area contributed by atoms with E-state index in [1.54, 1.807) is 17.6 Å². The van der Waals surface area contributed by atoms with E-state index in [2.05, 4.69) is 35.0 Å². The van der Waals surface area contributed by atoms with Crippen LogP contribution in [-0.2, 0) is 19.5 Å². The van der Waals surface area contributed by atoms with Crippen LogP contribution < -0.4 is 5.32 Å². The van der Waals surface area contributed by atoms with Gasteiger partial charge in [0.15, 0.2) is 0 Å². The molecule has 4 nitrogen and oxygen atoms in total. The molecule has 3 aromatic heterocycles. The molecular formula is C21H20N2O2S. The van der Waals surface area contributed by atoms with Crippen molar-refractivity contribution < 1.29 is 9.21 Å². The van der Waals surface area contributed by atoms with Gasteiger partial charge in [-0.25, -0.2) is 0 Å². The van der Waals surface area contributed by atoms with Crippen molar-refractivity contribution in [1.29, 1.82) is 0 Å². The Bertz CT molecular complexity index is 1010. The largest absolute Gasteiger partial charge is 0.467 e. The van der Waals surface area contributed by atoms with Gasteiger partial charge in [0.1, 0.15) is 11.5 Å². The van der Waals surface area contributed by atoms with E-state index < -0.39 is 0 Å². The van der Waals surface area contributed by atoms with E-state index >= 15 is 0 Å². The topological polar surface area (TPSA) is 47.2 Å². The highest BCUT2D eigenvalue weighted by molar-refractivity contribution is 7.19. The van der Waals surface area contributed by atoms with Gasteiger partial charge in [-0.1, -0.05) is 30.3 Å². The lowest BCUT2D eigenvalue weighted by Gasteiger charge is -2.10. The molecule has 0 unspecified atom stereocenters. The van der Waals surface area contributed by atoms with Crippen LogP contribution in [0.1, 0.15) is 26.7 Å². The van der Waals surface area contributed by atoms with E-state index in [-0.39, 0.29) is 5.91 Å². The van der Waals surface area contributed by atoms with E-state index in [4.69, 9.17) is 4.42 Å². The van der Waals surface area contributed by atoms with Crippen LogP contribution in [0, 0.1) is 6.92 Å². The van der Waals surface area contributed by atoms with Crippen molar-refractivity contribution in [2.75, 3.05) is 0 Å². The van der Waals surface area contributed by atoms with Crippen molar-refractivity contribution in [2.24, 2.45) is 0 Å². The molecule has 132 valence electrons. The summed E-state index contributed by atoms with van der Waals surface area (Å²) in [6.07, 6.45) is 2.50. The number of fused-ring (bicyclic) bond motifs is 1. The van der Waals surface area contributed by atoms with Gasteiger partial charge in [0.05, 0.1) is 23.0 Å². The van der Waals surface area contributed by atoms with E-state index in [9.17, 15) is 4.79 Å². The second-order valence-corrected chi connectivity index (χ2v) is 7.57. The molecule has 0 saturated heterocycles. The van der Waals surface area contributed by atoms with Gasteiger partial charge in [-0.05, 0) is 43.2 Å². The maximum atomic E-state index is 12.8. The smallest absolute Gasteiger partial charge is 0.268 e. The van der Waals surface area contributed by atoms with Crippen LogP contribution in [0.5, 0.6) is 0 Å². The molecule has 0 spiro atoms. The number of nitrogens with zero attached hydrogens (tertiary/aromatic N) is 1. The summed E-state index contributed by atoms with van der Waals surface area (Å²) in [5, 5.41) is 2.96. The zero-order chi connectivity index (χ0) is 17.9. The molecule has 4 aromatic rings. The van der Waals surface area contributed by atoms with E-state index in [1.807, 2.05) is 36.4 Å². The first-order valence-corrected chi connectivity index (χ1v) is 9.46. The predicted molar refractivity (Wildman–Crippen MR) is 105 cm³/mol. The van der Waals surface area contributed by atoms with E-state index in [0.29, 0.717) is 12.2 Å². The first kappa shape index (κ1) is 16.7. The first-order chi connectivity index (χ1) is 12.7. The molecule has 1 N–H and O–H groups in total. The van der Waals surface area contributed by atoms with E-state index in [0.717, 1.165) is 28.9 Å². The summed E-state index contributed by atoms with van der Waals surface area (Å²) in [6, 6.07) is 18.2. The fourth-order valence-electron chi connectivity index (χ4n) is 3.15. The highest BCUT2D eigenvalue weighted by Gasteiger charge is 2.17. The fourth-order valence-corrected chi connectivity index (χ4v) is 4.11. The minimum Gasteiger partial charge on any atom is -0.467 e. The lowest BCUT2D eigenvalue weighted by molar-refractivity contribution is 0.0939. The maximum Gasteiger partial charge on any atom is 0.268 e. The Balaban J connectivity index is 1.58. The van der Waals surface area contributed by atoms with Gasteiger partial charge in [0.2, 0.25) is 0 Å². The summed E-state index contributed by atoms with van der Waals surface area (Å²) in [6.45, 7) is 3.26. The summed E-state index contributed by atoms with van der Waals surface area (Å²) in [4.78, 5) is 14.0. The minimum atomic E-state index is -0.0736. The quantitative estimate of drug-likeness (QED) is 0.535. The van der Waals surface area contributed by atoms with Gasteiger partial charge in [0.25, 0.3) is 5.91 Å². The molecule has 0 aliphatic carbocycles. The SMILES string of the molecule is Cc1cc2c(cc(C(=O)NCc3ccco3)n2CCc2ccccc2)s1. The average Bonchev–Trinajstić information content (AvgIpc) is 3.35. The Morgan fingerprint density at radius 3 is 2.77 bits per heavy atom. The second kappa shape index (κ2) is 7.22. The van der Waals surface area contributed by atoms with E-state index in [1.165, 1.54) is 10.4 Å². The van der Waals surface area contributed by atoms with Gasteiger partial charge in [-0.3, -0.25) is 4.79 Å². The van der Waals surface area contributed by atoms with Crippen LogP contribution in [0.2, 0.25) is 0 Å². The van der Waals surface area contributed by atoms with Crippen LogP contribution in [0.3, 0.4) is 0 Å². The molecule has 0 atom stereocenters. The molecule has 0 bridgehead atoms. The summed E-state index contributed by atoms with van der Waals surface area (Å²) < 4.78 is 8.58. The third kappa shape index (κ3) is 3.44. The highest BCUT2D eigenvalue weighted by atomic mass is 32.1. The Hall–Kier alpha value is -2.79. The minimum absolute atomic E-state index is 0.0736. The number of furan rings is 1. The average molecular weight is 364 g/mol. The molecule has 3 heterocycles.